The topological polar surface area (TPSA) is 28.7 Å². The monoisotopic (exact) mass is 268 g/mol. The van der Waals surface area contributed by atoms with Crippen molar-refractivity contribution in [2.75, 3.05) is 5.75 Å². The molecular formula is C16H16N2S. The first-order valence-electron chi connectivity index (χ1n) is 6.46. The molecule has 2 heterocycles. The third-order valence-corrected chi connectivity index (χ3v) is 4.11. The molecule has 0 fully saturated rings. The van der Waals surface area contributed by atoms with Gasteiger partial charge in [-0.15, -0.1) is 11.8 Å². The van der Waals surface area contributed by atoms with Crippen LogP contribution >= 0.6 is 11.8 Å². The maximum Gasteiger partial charge on any atom is 0.138 e. The molecule has 1 aromatic carbocycles. The van der Waals surface area contributed by atoms with E-state index in [0.29, 0.717) is 0 Å². The van der Waals surface area contributed by atoms with Gasteiger partial charge in [-0.1, -0.05) is 19.1 Å². The second-order valence-electron chi connectivity index (χ2n) is 4.48. The normalized spacial score (nSPS) is 11.1. The van der Waals surface area contributed by atoms with Crippen molar-refractivity contribution >= 4 is 22.8 Å². The number of benzene rings is 1. The van der Waals surface area contributed by atoms with Crippen LogP contribution in [0.25, 0.3) is 22.2 Å². The summed E-state index contributed by atoms with van der Waals surface area (Å²) in [6, 6.07) is 12.9. The first-order chi connectivity index (χ1) is 9.29. The van der Waals surface area contributed by atoms with Crippen LogP contribution in [-0.2, 0) is 0 Å². The number of hydrogen-bond donors (Lipinski definition) is 1. The van der Waals surface area contributed by atoms with Crippen molar-refractivity contribution in [2.45, 2.75) is 18.7 Å². The van der Waals surface area contributed by atoms with Crippen molar-refractivity contribution in [1.82, 2.24) is 9.97 Å². The van der Waals surface area contributed by atoms with Crippen LogP contribution in [0.3, 0.4) is 0 Å². The molecule has 0 unspecified atom stereocenters. The number of thioether (sulfide) groups is 1. The van der Waals surface area contributed by atoms with Crippen LogP contribution in [0.5, 0.6) is 0 Å². The molecule has 0 bridgehead atoms. The highest BCUT2D eigenvalue weighted by Crippen LogP contribution is 2.32. The summed E-state index contributed by atoms with van der Waals surface area (Å²) < 4.78 is 0. The predicted molar refractivity (Wildman–Crippen MR) is 82.7 cm³/mol. The van der Waals surface area contributed by atoms with E-state index >= 15 is 0 Å². The van der Waals surface area contributed by atoms with Crippen molar-refractivity contribution in [3.05, 3.63) is 48.3 Å². The molecule has 3 rings (SSSR count). The SMILES string of the molecule is CCSc1ccc(-c2c(C)[nH]c3ncccc23)cc1. The van der Waals surface area contributed by atoms with E-state index in [0.717, 1.165) is 11.4 Å². The lowest BCUT2D eigenvalue weighted by molar-refractivity contribution is 1.25. The molecule has 0 saturated carbocycles. The zero-order valence-electron chi connectivity index (χ0n) is 11.1. The van der Waals surface area contributed by atoms with E-state index in [1.54, 1.807) is 0 Å². The second-order valence-corrected chi connectivity index (χ2v) is 5.82. The molecule has 0 atom stereocenters. The average Bonchev–Trinajstić information content (AvgIpc) is 2.76. The fourth-order valence-electron chi connectivity index (χ4n) is 2.41. The van der Waals surface area contributed by atoms with Gasteiger partial charge < -0.3 is 4.98 Å². The predicted octanol–water partition coefficient (Wildman–Crippen LogP) is 4.65. The number of aryl methyl sites for hydroxylation is 1. The summed E-state index contributed by atoms with van der Waals surface area (Å²) in [6.45, 7) is 4.28. The van der Waals surface area contributed by atoms with Crippen molar-refractivity contribution < 1.29 is 0 Å². The molecular weight excluding hydrogens is 252 g/mol. The molecule has 0 aliphatic heterocycles. The van der Waals surface area contributed by atoms with Gasteiger partial charge in [0.05, 0.1) is 0 Å². The van der Waals surface area contributed by atoms with Crippen LogP contribution in [0.15, 0.2) is 47.5 Å². The van der Waals surface area contributed by atoms with Crippen LogP contribution in [0, 0.1) is 6.92 Å². The molecule has 0 aliphatic carbocycles. The number of hydrogen-bond acceptors (Lipinski definition) is 2. The smallest absolute Gasteiger partial charge is 0.138 e. The molecule has 0 spiro atoms. The lowest BCUT2D eigenvalue weighted by Crippen LogP contribution is -1.80. The molecule has 96 valence electrons. The van der Waals surface area contributed by atoms with Gasteiger partial charge in [0.15, 0.2) is 0 Å². The number of aromatic amines is 1. The maximum absolute atomic E-state index is 4.38. The standard InChI is InChI=1S/C16H16N2S/c1-3-19-13-8-6-12(7-9-13)15-11(2)18-16-14(15)5-4-10-17-16/h4-10H,3H2,1-2H3,(H,17,18). The fraction of sp³-hybridized carbons (Fsp3) is 0.188. The summed E-state index contributed by atoms with van der Waals surface area (Å²) in [5.41, 5.74) is 4.64. The number of fused-ring (bicyclic) bond motifs is 1. The van der Waals surface area contributed by atoms with Crippen LogP contribution < -0.4 is 0 Å². The highest BCUT2D eigenvalue weighted by atomic mass is 32.2. The third kappa shape index (κ3) is 2.26. The highest BCUT2D eigenvalue weighted by Gasteiger charge is 2.10. The minimum atomic E-state index is 0.960. The van der Waals surface area contributed by atoms with Crippen molar-refractivity contribution in [3.8, 4) is 11.1 Å². The molecule has 0 amide bonds. The quantitative estimate of drug-likeness (QED) is 0.700. The minimum absolute atomic E-state index is 0.960. The summed E-state index contributed by atoms with van der Waals surface area (Å²) in [7, 11) is 0. The van der Waals surface area contributed by atoms with Gasteiger partial charge >= 0.3 is 0 Å². The Bertz CT molecular complexity index is 698. The fourth-order valence-corrected chi connectivity index (χ4v) is 3.07. The molecule has 3 aromatic rings. The molecule has 3 heteroatoms. The largest absolute Gasteiger partial charge is 0.343 e. The Labute approximate surface area is 117 Å². The number of rotatable bonds is 3. The minimum Gasteiger partial charge on any atom is -0.343 e. The number of nitrogens with one attached hydrogen (secondary N) is 1. The number of pyridine rings is 1. The Kier molecular flexibility index (Phi) is 3.30. The summed E-state index contributed by atoms with van der Waals surface area (Å²) in [5.74, 6) is 1.11. The van der Waals surface area contributed by atoms with Crippen LogP contribution in [0.2, 0.25) is 0 Å². The van der Waals surface area contributed by atoms with E-state index in [4.69, 9.17) is 0 Å². The molecule has 0 aliphatic rings. The van der Waals surface area contributed by atoms with Gasteiger partial charge in [-0.2, -0.15) is 0 Å². The summed E-state index contributed by atoms with van der Waals surface area (Å²) in [6.07, 6.45) is 1.82. The van der Waals surface area contributed by atoms with E-state index in [9.17, 15) is 0 Å². The van der Waals surface area contributed by atoms with Crippen molar-refractivity contribution in [1.29, 1.82) is 0 Å². The Morgan fingerprint density at radius 1 is 1.16 bits per heavy atom. The van der Waals surface area contributed by atoms with Crippen molar-refractivity contribution in [2.24, 2.45) is 0 Å². The van der Waals surface area contributed by atoms with Gasteiger partial charge in [-0.3, -0.25) is 0 Å². The summed E-state index contributed by atoms with van der Waals surface area (Å²) in [4.78, 5) is 9.05. The van der Waals surface area contributed by atoms with Gasteiger partial charge in [0.25, 0.3) is 0 Å². The van der Waals surface area contributed by atoms with Crippen LogP contribution in [-0.4, -0.2) is 15.7 Å². The van der Waals surface area contributed by atoms with E-state index < -0.39 is 0 Å². The van der Waals surface area contributed by atoms with Gasteiger partial charge in [0, 0.05) is 27.7 Å². The van der Waals surface area contributed by atoms with Crippen molar-refractivity contribution in [3.63, 3.8) is 0 Å². The van der Waals surface area contributed by atoms with Gasteiger partial charge in [-0.25, -0.2) is 4.98 Å². The first kappa shape index (κ1) is 12.3. The molecule has 2 nitrogen and oxygen atoms in total. The number of aromatic nitrogens is 2. The van der Waals surface area contributed by atoms with Gasteiger partial charge in [0.2, 0.25) is 0 Å². The molecule has 19 heavy (non-hydrogen) atoms. The molecule has 2 aromatic heterocycles. The second kappa shape index (κ2) is 5.10. The first-order valence-corrected chi connectivity index (χ1v) is 7.44. The van der Waals surface area contributed by atoms with Gasteiger partial charge in [0.1, 0.15) is 5.65 Å². The Morgan fingerprint density at radius 3 is 2.68 bits per heavy atom. The average molecular weight is 268 g/mol. The highest BCUT2D eigenvalue weighted by molar-refractivity contribution is 7.99. The number of nitrogens with zero attached hydrogens (tertiary/aromatic N) is 1. The third-order valence-electron chi connectivity index (χ3n) is 3.21. The lowest BCUT2D eigenvalue weighted by atomic mass is 10.0. The summed E-state index contributed by atoms with van der Waals surface area (Å²) >= 11 is 1.87. The molecule has 0 radical (unpaired) electrons. The summed E-state index contributed by atoms with van der Waals surface area (Å²) in [5, 5.41) is 1.19. The van der Waals surface area contributed by atoms with Crippen LogP contribution in [0.1, 0.15) is 12.6 Å². The molecule has 1 N–H and O–H groups in total. The number of H-pyrrole nitrogens is 1. The Balaban J connectivity index is 2.10. The zero-order valence-corrected chi connectivity index (χ0v) is 11.9. The van der Waals surface area contributed by atoms with Crippen LogP contribution in [0.4, 0.5) is 0 Å². The van der Waals surface area contributed by atoms with E-state index in [1.165, 1.54) is 27.1 Å². The lowest BCUT2D eigenvalue weighted by Gasteiger charge is -2.04. The molecule has 0 saturated heterocycles. The maximum atomic E-state index is 4.38. The Hall–Kier alpha value is -1.74. The Morgan fingerprint density at radius 2 is 1.95 bits per heavy atom. The van der Waals surface area contributed by atoms with Gasteiger partial charge in [-0.05, 0) is 42.5 Å². The van der Waals surface area contributed by atoms with E-state index in [-0.39, 0.29) is 0 Å². The van der Waals surface area contributed by atoms with E-state index in [1.807, 2.05) is 24.0 Å². The zero-order chi connectivity index (χ0) is 13.2. The van der Waals surface area contributed by atoms with E-state index in [2.05, 4.69) is 54.1 Å².